The smallest absolute Gasteiger partial charge is 0.231 e. The van der Waals surface area contributed by atoms with Crippen LogP contribution in [0.25, 0.3) is 10.2 Å². The molecule has 0 spiro atoms. The highest BCUT2D eigenvalue weighted by atomic mass is 32.1. The zero-order valence-corrected chi connectivity index (χ0v) is 13.0. The summed E-state index contributed by atoms with van der Waals surface area (Å²) in [5, 5.41) is 15.7. The highest BCUT2D eigenvalue weighted by molar-refractivity contribution is 7.80. The molecule has 0 aliphatic heterocycles. The molecule has 2 rings (SSSR count). The van der Waals surface area contributed by atoms with Crippen molar-refractivity contribution in [2.24, 2.45) is 5.41 Å². The SMILES string of the molecule is CC(C)(C)C(=O)NC(=S)Nc1nc2ccc(O)cc2s1. The van der Waals surface area contributed by atoms with E-state index < -0.39 is 5.41 Å². The monoisotopic (exact) mass is 309 g/mol. The molecule has 1 aromatic carbocycles. The van der Waals surface area contributed by atoms with E-state index in [9.17, 15) is 9.90 Å². The Kier molecular flexibility index (Phi) is 3.92. The van der Waals surface area contributed by atoms with E-state index in [1.54, 1.807) is 18.2 Å². The fraction of sp³-hybridized carbons (Fsp3) is 0.308. The summed E-state index contributed by atoms with van der Waals surface area (Å²) >= 11 is 6.44. The highest BCUT2D eigenvalue weighted by Gasteiger charge is 2.22. The highest BCUT2D eigenvalue weighted by Crippen LogP contribution is 2.28. The van der Waals surface area contributed by atoms with Gasteiger partial charge in [-0.25, -0.2) is 4.98 Å². The molecule has 1 heterocycles. The van der Waals surface area contributed by atoms with Crippen LogP contribution >= 0.6 is 23.6 Å². The maximum absolute atomic E-state index is 11.8. The molecule has 0 unspecified atom stereocenters. The quantitative estimate of drug-likeness (QED) is 0.706. The lowest BCUT2D eigenvalue weighted by Gasteiger charge is -2.17. The van der Waals surface area contributed by atoms with Gasteiger partial charge in [-0.15, -0.1) is 0 Å². The number of aromatic nitrogens is 1. The number of benzene rings is 1. The Bertz CT molecular complexity index is 674. The molecule has 0 atom stereocenters. The second-order valence-corrected chi connectivity index (χ2v) is 6.77. The molecule has 7 heteroatoms. The molecule has 2 aromatic rings. The molecule has 0 bridgehead atoms. The normalized spacial score (nSPS) is 11.3. The van der Waals surface area contributed by atoms with Crippen molar-refractivity contribution in [2.45, 2.75) is 20.8 Å². The number of hydrogen-bond donors (Lipinski definition) is 3. The van der Waals surface area contributed by atoms with E-state index in [2.05, 4.69) is 15.6 Å². The van der Waals surface area contributed by atoms with E-state index in [1.165, 1.54) is 11.3 Å². The summed E-state index contributed by atoms with van der Waals surface area (Å²) in [4.78, 5) is 16.1. The lowest BCUT2D eigenvalue weighted by molar-refractivity contribution is -0.126. The first-order valence-electron chi connectivity index (χ1n) is 5.98. The fourth-order valence-corrected chi connectivity index (χ4v) is 2.54. The van der Waals surface area contributed by atoms with Crippen molar-refractivity contribution >= 4 is 49.9 Å². The van der Waals surface area contributed by atoms with Gasteiger partial charge in [0.05, 0.1) is 10.2 Å². The average Bonchev–Trinajstić information content (AvgIpc) is 2.68. The molecule has 0 aliphatic rings. The Morgan fingerprint density at radius 2 is 2.10 bits per heavy atom. The summed E-state index contributed by atoms with van der Waals surface area (Å²) in [6.07, 6.45) is 0. The van der Waals surface area contributed by atoms with E-state index >= 15 is 0 Å². The molecule has 0 fully saturated rings. The molecule has 0 saturated heterocycles. The van der Waals surface area contributed by atoms with Crippen LogP contribution in [0.2, 0.25) is 0 Å². The number of rotatable bonds is 1. The van der Waals surface area contributed by atoms with Gasteiger partial charge in [0.1, 0.15) is 5.75 Å². The van der Waals surface area contributed by atoms with Crippen LogP contribution in [0.4, 0.5) is 5.13 Å². The first-order valence-corrected chi connectivity index (χ1v) is 7.20. The summed E-state index contributed by atoms with van der Waals surface area (Å²) in [5.74, 6) is 0.0325. The summed E-state index contributed by atoms with van der Waals surface area (Å²) in [7, 11) is 0. The Hall–Kier alpha value is -1.73. The van der Waals surface area contributed by atoms with Crippen molar-refractivity contribution in [3.63, 3.8) is 0 Å². The number of thiazole rings is 1. The summed E-state index contributed by atoms with van der Waals surface area (Å²) in [6, 6.07) is 4.93. The summed E-state index contributed by atoms with van der Waals surface area (Å²) in [5.41, 5.74) is 0.255. The number of phenolic OH excluding ortho intramolecular Hbond substituents is 1. The van der Waals surface area contributed by atoms with Crippen LogP contribution < -0.4 is 10.6 Å². The van der Waals surface area contributed by atoms with Gasteiger partial charge in [-0.1, -0.05) is 32.1 Å². The number of hydrogen-bond acceptors (Lipinski definition) is 5. The lowest BCUT2D eigenvalue weighted by Crippen LogP contribution is -2.41. The van der Waals surface area contributed by atoms with E-state index in [1.807, 2.05) is 20.8 Å². The number of thiocarbonyl (C=S) groups is 1. The maximum Gasteiger partial charge on any atom is 0.231 e. The molecule has 0 aliphatic carbocycles. The standard InChI is InChI=1S/C13H15N3O2S2/c1-13(2,3)10(18)15-11(19)16-12-14-8-5-4-7(17)6-9(8)20-12/h4-6,17H,1-3H3,(H2,14,15,16,18,19). The third-order valence-corrected chi connectivity index (χ3v) is 3.64. The number of anilines is 1. The van der Waals surface area contributed by atoms with Gasteiger partial charge in [0, 0.05) is 5.41 Å². The van der Waals surface area contributed by atoms with Crippen LogP contribution in [0.1, 0.15) is 20.8 Å². The number of carbonyl (C=O) groups excluding carboxylic acids is 1. The van der Waals surface area contributed by atoms with Gasteiger partial charge in [0.15, 0.2) is 10.2 Å². The van der Waals surface area contributed by atoms with Crippen LogP contribution in [0, 0.1) is 5.41 Å². The van der Waals surface area contributed by atoms with E-state index in [4.69, 9.17) is 12.2 Å². The second kappa shape index (κ2) is 5.34. The van der Waals surface area contributed by atoms with Crippen LogP contribution in [0.5, 0.6) is 5.75 Å². The van der Waals surface area contributed by atoms with Gasteiger partial charge >= 0.3 is 0 Å². The molecule has 0 saturated carbocycles. The van der Waals surface area contributed by atoms with Crippen molar-refractivity contribution in [2.75, 3.05) is 5.32 Å². The summed E-state index contributed by atoms with van der Waals surface area (Å²) < 4.78 is 0.845. The third kappa shape index (κ3) is 3.43. The predicted molar refractivity (Wildman–Crippen MR) is 85.1 cm³/mol. The molecule has 3 N–H and O–H groups in total. The molecular weight excluding hydrogens is 294 g/mol. The number of carbonyl (C=O) groups is 1. The molecule has 20 heavy (non-hydrogen) atoms. The second-order valence-electron chi connectivity index (χ2n) is 5.33. The first-order chi connectivity index (χ1) is 9.25. The van der Waals surface area contributed by atoms with Gasteiger partial charge in [-0.05, 0) is 30.4 Å². The van der Waals surface area contributed by atoms with Gasteiger partial charge in [-0.3, -0.25) is 4.79 Å². The van der Waals surface area contributed by atoms with E-state index in [-0.39, 0.29) is 16.8 Å². The van der Waals surface area contributed by atoms with Gasteiger partial charge in [0.25, 0.3) is 0 Å². The van der Waals surface area contributed by atoms with Gasteiger partial charge in [-0.2, -0.15) is 0 Å². The molecule has 1 aromatic heterocycles. The number of amides is 1. The Labute approximate surface area is 126 Å². The molecule has 0 radical (unpaired) electrons. The number of nitrogens with one attached hydrogen (secondary N) is 2. The van der Waals surface area contributed by atoms with Gasteiger partial charge in [0.2, 0.25) is 5.91 Å². The minimum Gasteiger partial charge on any atom is -0.508 e. The Morgan fingerprint density at radius 1 is 1.40 bits per heavy atom. The number of fused-ring (bicyclic) bond motifs is 1. The molecule has 1 amide bonds. The zero-order valence-electron chi connectivity index (χ0n) is 11.4. The van der Waals surface area contributed by atoms with Crippen LogP contribution in [0.3, 0.4) is 0 Å². The number of aromatic hydroxyl groups is 1. The fourth-order valence-electron chi connectivity index (χ4n) is 1.39. The van der Waals surface area contributed by atoms with Crippen LogP contribution in [-0.2, 0) is 4.79 Å². The Morgan fingerprint density at radius 3 is 2.75 bits per heavy atom. The number of phenols is 1. The van der Waals surface area contributed by atoms with Gasteiger partial charge < -0.3 is 15.7 Å². The molecule has 5 nitrogen and oxygen atoms in total. The van der Waals surface area contributed by atoms with E-state index in [0.717, 1.165) is 10.2 Å². The Balaban J connectivity index is 2.08. The van der Waals surface area contributed by atoms with Crippen molar-refractivity contribution in [3.05, 3.63) is 18.2 Å². The first kappa shape index (κ1) is 14.7. The van der Waals surface area contributed by atoms with Crippen molar-refractivity contribution in [1.82, 2.24) is 10.3 Å². The van der Waals surface area contributed by atoms with Crippen LogP contribution in [-0.4, -0.2) is 21.1 Å². The molecule has 106 valence electrons. The third-order valence-electron chi connectivity index (χ3n) is 2.50. The summed E-state index contributed by atoms with van der Waals surface area (Å²) in [6.45, 7) is 5.43. The largest absolute Gasteiger partial charge is 0.508 e. The maximum atomic E-state index is 11.8. The average molecular weight is 309 g/mol. The van der Waals surface area contributed by atoms with Crippen molar-refractivity contribution in [3.8, 4) is 5.75 Å². The molecular formula is C13H15N3O2S2. The minimum absolute atomic E-state index is 0.159. The topological polar surface area (TPSA) is 74.2 Å². The zero-order chi connectivity index (χ0) is 14.9. The predicted octanol–water partition coefficient (Wildman–Crippen LogP) is 2.86. The van der Waals surface area contributed by atoms with Crippen molar-refractivity contribution in [1.29, 1.82) is 0 Å². The van der Waals surface area contributed by atoms with E-state index in [0.29, 0.717) is 5.13 Å². The number of nitrogens with zero attached hydrogens (tertiary/aromatic N) is 1. The minimum atomic E-state index is -0.509. The van der Waals surface area contributed by atoms with Crippen LogP contribution in [0.15, 0.2) is 18.2 Å². The van der Waals surface area contributed by atoms with Crippen molar-refractivity contribution < 1.29 is 9.90 Å². The lowest BCUT2D eigenvalue weighted by atomic mass is 9.96.